The molecule has 1 heterocycles. The number of benzene rings is 1. The first kappa shape index (κ1) is 25.3. The Morgan fingerprint density at radius 1 is 1.03 bits per heavy atom. The zero-order valence-electron chi connectivity index (χ0n) is 17.9. The summed E-state index contributed by atoms with van der Waals surface area (Å²) < 4.78 is 4.87. The fraction of sp³-hybridized carbons (Fsp3) is 0.500. The minimum atomic E-state index is -1.62. The van der Waals surface area contributed by atoms with E-state index in [-0.39, 0.29) is 18.2 Å². The van der Waals surface area contributed by atoms with Crippen LogP contribution in [0.1, 0.15) is 50.0 Å². The van der Waals surface area contributed by atoms with Crippen LogP contribution in [-0.4, -0.2) is 52.0 Å². The van der Waals surface area contributed by atoms with Crippen molar-refractivity contribution in [3.05, 3.63) is 52.2 Å². The number of methoxy groups -OCH3 is 1. The summed E-state index contributed by atoms with van der Waals surface area (Å²) in [5, 5.41) is 48.8. The lowest BCUT2D eigenvalue weighted by Crippen LogP contribution is -2.49. The molecular formula is C22H32N2O6S. The second-order valence-electron chi connectivity index (χ2n) is 7.87. The fourth-order valence-corrected chi connectivity index (χ4v) is 4.00. The molecule has 2 aromatic rings. The molecule has 8 nitrogen and oxygen atoms in total. The standard InChI is InChI=1S/C22H32N2O6S/c1-13(2)10-18(21(28)23-16-6-4-14(5-7-16)22(29)30-3)24-20(27)17(11-19(25)26)15-8-9-31-12-15/h4-9,12-13,17-19,21-23,25-26,28-29H,10-11H2,1-3H3,(H,24,27)/t17-,18-,21?,22?/m0/s1. The SMILES string of the molecule is COC(O)c1ccc(NC(O)[C@H](CC(C)C)NC(=O)[C@@H](CC(O)O)c2ccsc2)cc1. The lowest BCUT2D eigenvalue weighted by Gasteiger charge is -2.29. The van der Waals surface area contributed by atoms with Crippen molar-refractivity contribution in [2.24, 2.45) is 5.92 Å². The molecule has 1 aromatic heterocycles. The second-order valence-corrected chi connectivity index (χ2v) is 8.65. The number of anilines is 1. The van der Waals surface area contributed by atoms with E-state index in [1.54, 1.807) is 35.7 Å². The summed E-state index contributed by atoms with van der Waals surface area (Å²) in [6.07, 6.45) is -3.35. The Balaban J connectivity index is 2.11. The number of amides is 1. The van der Waals surface area contributed by atoms with Crippen molar-refractivity contribution in [2.45, 2.75) is 57.5 Å². The van der Waals surface area contributed by atoms with Crippen LogP contribution in [0.25, 0.3) is 0 Å². The van der Waals surface area contributed by atoms with E-state index >= 15 is 0 Å². The molecule has 2 unspecified atom stereocenters. The van der Waals surface area contributed by atoms with Crippen LogP contribution in [0.3, 0.4) is 0 Å². The number of nitrogens with one attached hydrogen (secondary N) is 2. The molecular weight excluding hydrogens is 420 g/mol. The molecule has 0 bridgehead atoms. The number of ether oxygens (including phenoxy) is 1. The molecule has 31 heavy (non-hydrogen) atoms. The van der Waals surface area contributed by atoms with Crippen molar-refractivity contribution in [1.82, 2.24) is 5.32 Å². The van der Waals surface area contributed by atoms with Crippen LogP contribution in [0.15, 0.2) is 41.1 Å². The van der Waals surface area contributed by atoms with Gasteiger partial charge in [-0.15, -0.1) is 0 Å². The molecule has 0 aliphatic heterocycles. The molecule has 4 atom stereocenters. The van der Waals surface area contributed by atoms with Crippen molar-refractivity contribution in [2.75, 3.05) is 12.4 Å². The first-order valence-electron chi connectivity index (χ1n) is 10.1. The largest absolute Gasteiger partial charge is 0.372 e. The van der Waals surface area contributed by atoms with Crippen LogP contribution < -0.4 is 10.6 Å². The molecule has 0 radical (unpaired) electrons. The Bertz CT molecular complexity index is 782. The van der Waals surface area contributed by atoms with Gasteiger partial charge in [0.2, 0.25) is 5.91 Å². The van der Waals surface area contributed by atoms with Gasteiger partial charge in [0.15, 0.2) is 12.6 Å². The average Bonchev–Trinajstić information content (AvgIpc) is 3.25. The van der Waals surface area contributed by atoms with Gasteiger partial charge in [-0.05, 0) is 46.9 Å². The Morgan fingerprint density at radius 2 is 1.71 bits per heavy atom. The van der Waals surface area contributed by atoms with Gasteiger partial charge in [0, 0.05) is 24.8 Å². The third-order valence-electron chi connectivity index (χ3n) is 4.88. The first-order valence-corrected chi connectivity index (χ1v) is 11.1. The van der Waals surface area contributed by atoms with E-state index in [0.29, 0.717) is 23.2 Å². The number of rotatable bonds is 12. The molecule has 0 fully saturated rings. The van der Waals surface area contributed by atoms with Gasteiger partial charge in [-0.3, -0.25) is 4.79 Å². The van der Waals surface area contributed by atoms with Gasteiger partial charge in [-0.1, -0.05) is 26.0 Å². The molecule has 6 N–H and O–H groups in total. The molecule has 1 amide bonds. The van der Waals surface area contributed by atoms with Crippen molar-refractivity contribution < 1.29 is 30.0 Å². The quantitative estimate of drug-likeness (QED) is 0.272. The van der Waals surface area contributed by atoms with Gasteiger partial charge in [0.05, 0.1) is 12.0 Å². The molecule has 0 saturated carbocycles. The van der Waals surface area contributed by atoms with Gasteiger partial charge in [0.25, 0.3) is 0 Å². The zero-order chi connectivity index (χ0) is 23.0. The highest BCUT2D eigenvalue weighted by Crippen LogP contribution is 2.25. The Hall–Kier alpha value is -2.01. The molecule has 0 aliphatic carbocycles. The van der Waals surface area contributed by atoms with Crippen molar-refractivity contribution >= 4 is 22.9 Å². The molecule has 9 heteroatoms. The summed E-state index contributed by atoms with van der Waals surface area (Å²) in [6, 6.07) is 7.92. The Morgan fingerprint density at radius 3 is 2.23 bits per heavy atom. The second kappa shape index (κ2) is 12.1. The maximum atomic E-state index is 13.0. The number of hydrogen-bond acceptors (Lipinski definition) is 8. The highest BCUT2D eigenvalue weighted by Gasteiger charge is 2.29. The highest BCUT2D eigenvalue weighted by atomic mass is 32.1. The number of aliphatic hydroxyl groups excluding tert-OH is 3. The number of thiophene rings is 1. The maximum absolute atomic E-state index is 13.0. The minimum Gasteiger partial charge on any atom is -0.372 e. The summed E-state index contributed by atoms with van der Waals surface area (Å²) >= 11 is 1.42. The zero-order valence-corrected chi connectivity index (χ0v) is 18.7. The maximum Gasteiger partial charge on any atom is 0.228 e. The molecule has 0 spiro atoms. The molecule has 2 rings (SSSR count). The summed E-state index contributed by atoms with van der Waals surface area (Å²) in [7, 11) is 1.40. The summed E-state index contributed by atoms with van der Waals surface area (Å²) in [6.45, 7) is 3.97. The van der Waals surface area contributed by atoms with E-state index in [1.807, 2.05) is 19.2 Å². The van der Waals surface area contributed by atoms with Gasteiger partial charge in [-0.25, -0.2) is 0 Å². The van der Waals surface area contributed by atoms with E-state index in [4.69, 9.17) is 4.74 Å². The van der Waals surface area contributed by atoms with E-state index in [9.17, 15) is 25.2 Å². The molecule has 172 valence electrons. The monoisotopic (exact) mass is 452 g/mol. The van der Waals surface area contributed by atoms with Crippen LogP contribution in [0, 0.1) is 5.92 Å². The van der Waals surface area contributed by atoms with E-state index in [1.165, 1.54) is 18.4 Å². The molecule has 0 aliphatic rings. The van der Waals surface area contributed by atoms with Crippen LogP contribution >= 0.6 is 11.3 Å². The number of hydrogen-bond donors (Lipinski definition) is 6. The van der Waals surface area contributed by atoms with Gasteiger partial charge >= 0.3 is 0 Å². The van der Waals surface area contributed by atoms with Crippen LogP contribution in [-0.2, 0) is 9.53 Å². The smallest absolute Gasteiger partial charge is 0.228 e. The third-order valence-corrected chi connectivity index (χ3v) is 5.58. The molecule has 1 aromatic carbocycles. The average molecular weight is 453 g/mol. The fourth-order valence-electron chi connectivity index (χ4n) is 3.29. The lowest BCUT2D eigenvalue weighted by molar-refractivity contribution is -0.127. The topological polar surface area (TPSA) is 131 Å². The number of aliphatic hydroxyl groups is 4. The van der Waals surface area contributed by atoms with Crippen LogP contribution in [0.2, 0.25) is 0 Å². The third kappa shape index (κ3) is 7.88. The summed E-state index contributed by atoms with van der Waals surface area (Å²) in [5.41, 5.74) is 1.90. The van der Waals surface area contributed by atoms with Crippen LogP contribution in [0.4, 0.5) is 5.69 Å². The van der Waals surface area contributed by atoms with E-state index in [0.717, 1.165) is 0 Å². The van der Waals surface area contributed by atoms with Crippen LogP contribution in [0.5, 0.6) is 0 Å². The van der Waals surface area contributed by atoms with Gasteiger partial charge in [-0.2, -0.15) is 11.3 Å². The van der Waals surface area contributed by atoms with E-state index < -0.39 is 30.8 Å². The van der Waals surface area contributed by atoms with Crippen molar-refractivity contribution in [1.29, 1.82) is 0 Å². The molecule has 0 saturated heterocycles. The lowest BCUT2D eigenvalue weighted by atomic mass is 9.95. The van der Waals surface area contributed by atoms with Crippen molar-refractivity contribution in [3.8, 4) is 0 Å². The minimum absolute atomic E-state index is 0.135. The Kier molecular flexibility index (Phi) is 9.89. The summed E-state index contributed by atoms with van der Waals surface area (Å²) in [5.74, 6) is -0.913. The first-order chi connectivity index (χ1) is 14.7. The van der Waals surface area contributed by atoms with Gasteiger partial charge < -0.3 is 35.8 Å². The van der Waals surface area contributed by atoms with Gasteiger partial charge in [0.1, 0.15) is 6.23 Å². The Labute approximate surface area is 186 Å². The predicted octanol–water partition coefficient (Wildman–Crippen LogP) is 2.13. The van der Waals surface area contributed by atoms with E-state index in [2.05, 4.69) is 10.6 Å². The van der Waals surface area contributed by atoms with Crippen molar-refractivity contribution in [3.63, 3.8) is 0 Å². The summed E-state index contributed by atoms with van der Waals surface area (Å²) in [4.78, 5) is 13.0. The normalized spacial score (nSPS) is 15.5. The number of carbonyl (C=O) groups excluding carboxylic acids is 1. The number of carbonyl (C=O) groups is 1. The predicted molar refractivity (Wildman–Crippen MR) is 119 cm³/mol. The highest BCUT2D eigenvalue weighted by molar-refractivity contribution is 7.08.